The van der Waals surface area contributed by atoms with Gasteiger partial charge < -0.3 is 31.8 Å². The Morgan fingerprint density at radius 2 is 1.93 bits per heavy atom. The van der Waals surface area contributed by atoms with Gasteiger partial charge in [-0.3, -0.25) is 14.6 Å². The summed E-state index contributed by atoms with van der Waals surface area (Å²) in [5.41, 5.74) is 10.5. The van der Waals surface area contributed by atoms with E-state index in [0.717, 1.165) is 32.0 Å². The van der Waals surface area contributed by atoms with Crippen LogP contribution in [0.25, 0.3) is 0 Å². The first-order valence-electron chi connectivity index (χ1n) is 10.3. The monoisotopic (exact) mass is 394 g/mol. The molecule has 2 aliphatic rings. The Morgan fingerprint density at radius 1 is 1.21 bits per heavy atom. The number of hydrogen-bond donors (Lipinski definition) is 4. The molecule has 2 fully saturated rings. The molecule has 28 heavy (non-hydrogen) atoms. The minimum Gasteiger partial charge on any atom is -0.370 e. The van der Waals surface area contributed by atoms with Gasteiger partial charge in [0.1, 0.15) is 12.3 Å². The summed E-state index contributed by atoms with van der Waals surface area (Å²) in [6.45, 7) is 0.986. The van der Waals surface area contributed by atoms with Crippen molar-refractivity contribution in [2.75, 3.05) is 20.1 Å². The SMILES string of the molecule is CN[C@@H](C(=O)N1CC[C@H]1C(=O)N[C@H](C=O)CCCN=C(N)N)C1CCCCC1. The zero-order valence-corrected chi connectivity index (χ0v) is 16.7. The highest BCUT2D eigenvalue weighted by Gasteiger charge is 2.42. The summed E-state index contributed by atoms with van der Waals surface area (Å²) in [6, 6.07) is -1.33. The highest BCUT2D eigenvalue weighted by molar-refractivity contribution is 5.92. The number of aldehydes is 1. The molecule has 1 saturated heterocycles. The predicted octanol–water partition coefficient (Wildman–Crippen LogP) is -0.507. The second-order valence-electron chi connectivity index (χ2n) is 7.70. The molecule has 3 atom stereocenters. The van der Waals surface area contributed by atoms with Crippen LogP contribution in [0.3, 0.4) is 0 Å². The van der Waals surface area contributed by atoms with Crippen LogP contribution < -0.4 is 22.1 Å². The molecule has 0 radical (unpaired) electrons. The van der Waals surface area contributed by atoms with E-state index in [0.29, 0.717) is 38.3 Å². The first-order chi connectivity index (χ1) is 13.5. The Balaban J connectivity index is 1.86. The van der Waals surface area contributed by atoms with E-state index in [1.807, 2.05) is 7.05 Å². The van der Waals surface area contributed by atoms with E-state index in [9.17, 15) is 14.4 Å². The van der Waals surface area contributed by atoms with Gasteiger partial charge >= 0.3 is 0 Å². The van der Waals surface area contributed by atoms with Crippen LogP contribution >= 0.6 is 0 Å². The molecule has 158 valence electrons. The van der Waals surface area contributed by atoms with Crippen LogP contribution in [0.15, 0.2) is 4.99 Å². The third-order valence-corrected chi connectivity index (χ3v) is 5.76. The zero-order valence-electron chi connectivity index (χ0n) is 16.7. The minimum atomic E-state index is -0.599. The molecule has 9 heteroatoms. The number of nitrogens with one attached hydrogen (secondary N) is 2. The van der Waals surface area contributed by atoms with Gasteiger partial charge in [-0.15, -0.1) is 0 Å². The van der Waals surface area contributed by atoms with Crippen molar-refractivity contribution in [3.63, 3.8) is 0 Å². The highest BCUT2D eigenvalue weighted by Crippen LogP contribution is 2.29. The number of amides is 2. The van der Waals surface area contributed by atoms with Gasteiger partial charge in [-0.25, -0.2) is 0 Å². The molecule has 1 saturated carbocycles. The van der Waals surface area contributed by atoms with Gasteiger partial charge in [-0.05, 0) is 45.1 Å². The lowest BCUT2D eigenvalue weighted by Crippen LogP contribution is -2.63. The number of nitrogens with zero attached hydrogens (tertiary/aromatic N) is 2. The van der Waals surface area contributed by atoms with Gasteiger partial charge in [0.2, 0.25) is 11.8 Å². The average molecular weight is 395 g/mol. The van der Waals surface area contributed by atoms with E-state index in [2.05, 4.69) is 15.6 Å². The number of nitrogens with two attached hydrogens (primary N) is 2. The van der Waals surface area contributed by atoms with Crippen molar-refractivity contribution in [2.45, 2.75) is 69.5 Å². The summed E-state index contributed by atoms with van der Waals surface area (Å²) in [4.78, 5) is 42.4. The number of aliphatic imine (C=N–C) groups is 1. The normalized spacial score (nSPS) is 21.9. The van der Waals surface area contributed by atoms with Crippen molar-refractivity contribution in [3.8, 4) is 0 Å². The molecule has 0 aromatic heterocycles. The predicted molar refractivity (Wildman–Crippen MR) is 107 cm³/mol. The topological polar surface area (TPSA) is 143 Å². The van der Waals surface area contributed by atoms with Gasteiger partial charge in [0.15, 0.2) is 5.96 Å². The zero-order chi connectivity index (χ0) is 20.5. The molecule has 1 heterocycles. The smallest absolute Gasteiger partial charge is 0.243 e. The second-order valence-corrected chi connectivity index (χ2v) is 7.70. The van der Waals surface area contributed by atoms with E-state index in [-0.39, 0.29) is 23.8 Å². The highest BCUT2D eigenvalue weighted by atomic mass is 16.2. The van der Waals surface area contributed by atoms with Crippen LogP contribution in [-0.2, 0) is 14.4 Å². The van der Waals surface area contributed by atoms with Crippen LogP contribution in [0.4, 0.5) is 0 Å². The maximum absolute atomic E-state index is 13.0. The first kappa shape index (κ1) is 22.1. The summed E-state index contributed by atoms with van der Waals surface area (Å²) in [7, 11) is 1.81. The Hall–Kier alpha value is -2.16. The number of likely N-dealkylation sites (tertiary alicyclic amines) is 1. The molecular weight excluding hydrogens is 360 g/mol. The summed E-state index contributed by atoms with van der Waals surface area (Å²) < 4.78 is 0. The van der Waals surface area contributed by atoms with Crippen LogP contribution in [0, 0.1) is 5.92 Å². The maximum Gasteiger partial charge on any atom is 0.243 e. The van der Waals surface area contributed by atoms with Gasteiger partial charge in [0, 0.05) is 13.1 Å². The van der Waals surface area contributed by atoms with Crippen molar-refractivity contribution in [2.24, 2.45) is 22.4 Å². The molecule has 2 rings (SSSR count). The standard InChI is InChI=1S/C19H34N6O3/c1-22-16(13-6-3-2-4-7-13)18(28)25-11-9-15(25)17(27)24-14(12-26)8-5-10-23-19(20)21/h12-16,22H,2-11H2,1H3,(H,24,27)(H4,20,21,23)/t14-,15-,16+/m0/s1. The van der Waals surface area contributed by atoms with E-state index >= 15 is 0 Å². The fraction of sp³-hybridized carbons (Fsp3) is 0.789. The fourth-order valence-electron chi connectivity index (χ4n) is 4.10. The lowest BCUT2D eigenvalue weighted by Gasteiger charge is -2.43. The molecule has 0 aromatic rings. The molecule has 2 amide bonds. The number of rotatable bonds is 10. The fourth-order valence-corrected chi connectivity index (χ4v) is 4.10. The molecule has 0 spiro atoms. The van der Waals surface area contributed by atoms with Crippen molar-refractivity contribution in [3.05, 3.63) is 0 Å². The lowest BCUT2D eigenvalue weighted by molar-refractivity contribution is -0.150. The first-order valence-corrected chi connectivity index (χ1v) is 10.3. The molecule has 1 aliphatic carbocycles. The number of guanidine groups is 1. The second kappa shape index (κ2) is 11.0. The van der Waals surface area contributed by atoms with E-state index in [1.54, 1.807) is 4.90 Å². The molecule has 6 N–H and O–H groups in total. The summed E-state index contributed by atoms with van der Waals surface area (Å²) in [5.74, 6) is 0.0643. The number of hydrogen-bond acceptors (Lipinski definition) is 5. The third kappa shape index (κ3) is 5.92. The number of carbonyl (C=O) groups excluding carboxylic acids is 3. The van der Waals surface area contributed by atoms with E-state index < -0.39 is 12.1 Å². The molecule has 0 bridgehead atoms. The van der Waals surface area contributed by atoms with Crippen LogP contribution in [0.5, 0.6) is 0 Å². The summed E-state index contributed by atoms with van der Waals surface area (Å²) in [6.07, 6.45) is 8.01. The Bertz CT molecular complexity index is 572. The van der Waals surface area contributed by atoms with Crippen molar-refractivity contribution < 1.29 is 14.4 Å². The van der Waals surface area contributed by atoms with Gasteiger partial charge in [0.05, 0.1) is 12.1 Å². The average Bonchev–Trinajstić information content (AvgIpc) is 2.64. The largest absolute Gasteiger partial charge is 0.370 e. The number of carbonyl (C=O) groups is 3. The Kier molecular flexibility index (Phi) is 8.69. The number of likely N-dealkylation sites (N-methyl/N-ethyl adjacent to an activating group) is 1. The van der Waals surface area contributed by atoms with Crippen LogP contribution in [0.1, 0.15) is 51.4 Å². The van der Waals surface area contributed by atoms with Crippen molar-refractivity contribution >= 4 is 24.1 Å². The van der Waals surface area contributed by atoms with Gasteiger partial charge in [-0.2, -0.15) is 0 Å². The minimum absolute atomic E-state index is 0.00351. The third-order valence-electron chi connectivity index (χ3n) is 5.76. The van der Waals surface area contributed by atoms with Gasteiger partial charge in [-0.1, -0.05) is 19.3 Å². The lowest BCUT2D eigenvalue weighted by atomic mass is 9.82. The van der Waals surface area contributed by atoms with Crippen LogP contribution in [-0.4, -0.2) is 67.2 Å². The van der Waals surface area contributed by atoms with E-state index in [1.165, 1.54) is 6.42 Å². The Morgan fingerprint density at radius 3 is 2.46 bits per heavy atom. The molecule has 0 aromatic carbocycles. The quantitative estimate of drug-likeness (QED) is 0.170. The van der Waals surface area contributed by atoms with Gasteiger partial charge in [0.25, 0.3) is 0 Å². The molecule has 0 unspecified atom stereocenters. The summed E-state index contributed by atoms with van der Waals surface area (Å²) in [5, 5.41) is 5.91. The van der Waals surface area contributed by atoms with Crippen molar-refractivity contribution in [1.82, 2.24) is 15.5 Å². The molecular formula is C19H34N6O3. The summed E-state index contributed by atoms with van der Waals surface area (Å²) >= 11 is 0. The molecule has 1 aliphatic heterocycles. The van der Waals surface area contributed by atoms with E-state index in [4.69, 9.17) is 11.5 Å². The van der Waals surface area contributed by atoms with Crippen LogP contribution in [0.2, 0.25) is 0 Å². The molecule has 9 nitrogen and oxygen atoms in total. The Labute approximate surface area is 166 Å². The maximum atomic E-state index is 13.0. The van der Waals surface area contributed by atoms with Crippen molar-refractivity contribution in [1.29, 1.82) is 0 Å².